The van der Waals surface area contributed by atoms with Crippen LogP contribution < -0.4 is 4.72 Å². The van der Waals surface area contributed by atoms with E-state index in [2.05, 4.69) is 4.72 Å². The van der Waals surface area contributed by atoms with E-state index in [0.29, 0.717) is 0 Å². The molecule has 0 bridgehead atoms. The van der Waals surface area contributed by atoms with Gasteiger partial charge in [-0.2, -0.15) is 8.42 Å². The van der Waals surface area contributed by atoms with Gasteiger partial charge in [-0.1, -0.05) is 18.2 Å². The van der Waals surface area contributed by atoms with Crippen LogP contribution in [0.2, 0.25) is 0 Å². The van der Waals surface area contributed by atoms with E-state index in [-0.39, 0.29) is 11.4 Å². The zero-order chi connectivity index (χ0) is 12.2. The Morgan fingerprint density at radius 2 is 1.62 bits per heavy atom. The van der Waals surface area contributed by atoms with Crippen LogP contribution in [0.3, 0.4) is 0 Å². The molecule has 0 fully saturated rings. The lowest BCUT2D eigenvalue weighted by atomic mass is 10.4. The summed E-state index contributed by atoms with van der Waals surface area (Å²) in [7, 11) is -7.86. The molecular weight excluding hydrogens is 254 g/mol. The van der Waals surface area contributed by atoms with E-state index in [0.717, 1.165) is 0 Å². The first-order valence-corrected chi connectivity index (χ1v) is 7.40. The summed E-state index contributed by atoms with van der Waals surface area (Å²) < 4.78 is 54.3. The first kappa shape index (κ1) is 13.1. The molecule has 8 heteroatoms. The van der Waals surface area contributed by atoms with Crippen molar-refractivity contribution in [3.05, 3.63) is 30.3 Å². The molecule has 0 spiro atoms. The minimum Gasteiger partial charge on any atom is -0.286 e. The van der Waals surface area contributed by atoms with Crippen molar-refractivity contribution < 1.29 is 21.4 Å². The van der Waals surface area contributed by atoms with Gasteiger partial charge >= 0.3 is 0 Å². The van der Waals surface area contributed by atoms with E-state index >= 15 is 0 Å². The second-order valence-electron chi connectivity index (χ2n) is 3.00. The van der Waals surface area contributed by atoms with Crippen LogP contribution in [0.25, 0.3) is 0 Å². The summed E-state index contributed by atoms with van der Waals surface area (Å²) in [6.45, 7) is -0.365. The van der Waals surface area contributed by atoms with Gasteiger partial charge in [-0.3, -0.25) is 4.55 Å². The second kappa shape index (κ2) is 4.91. The molecule has 90 valence electrons. The Morgan fingerprint density at radius 3 is 2.12 bits per heavy atom. The van der Waals surface area contributed by atoms with E-state index in [1.165, 1.54) is 12.1 Å². The number of benzene rings is 1. The zero-order valence-corrected chi connectivity index (χ0v) is 9.83. The topological polar surface area (TPSA) is 101 Å². The van der Waals surface area contributed by atoms with Crippen LogP contribution in [0.5, 0.6) is 0 Å². The SMILES string of the molecule is O=S(=O)(O)CCNS(=O)(=O)c1ccccc1. The van der Waals surface area contributed by atoms with Crippen molar-refractivity contribution in [2.24, 2.45) is 0 Å². The number of hydrogen-bond acceptors (Lipinski definition) is 4. The van der Waals surface area contributed by atoms with Gasteiger partial charge in [-0.05, 0) is 12.1 Å². The fourth-order valence-electron chi connectivity index (χ4n) is 0.988. The molecule has 0 saturated heterocycles. The third kappa shape index (κ3) is 4.27. The van der Waals surface area contributed by atoms with Crippen molar-refractivity contribution in [3.63, 3.8) is 0 Å². The highest BCUT2D eigenvalue weighted by atomic mass is 32.2. The van der Waals surface area contributed by atoms with E-state index in [4.69, 9.17) is 4.55 Å². The van der Waals surface area contributed by atoms with Crippen molar-refractivity contribution >= 4 is 20.1 Å². The average molecular weight is 265 g/mol. The number of sulfonamides is 1. The lowest BCUT2D eigenvalue weighted by Crippen LogP contribution is -2.29. The normalized spacial score (nSPS) is 12.6. The van der Waals surface area contributed by atoms with Gasteiger partial charge in [0.05, 0.1) is 10.6 Å². The van der Waals surface area contributed by atoms with Gasteiger partial charge in [-0.15, -0.1) is 0 Å². The molecule has 6 nitrogen and oxygen atoms in total. The Kier molecular flexibility index (Phi) is 4.03. The maximum absolute atomic E-state index is 11.5. The van der Waals surface area contributed by atoms with Crippen molar-refractivity contribution in [1.29, 1.82) is 0 Å². The predicted octanol–water partition coefficient (Wildman–Crippen LogP) is -0.147. The molecule has 0 saturated carbocycles. The molecule has 2 N–H and O–H groups in total. The van der Waals surface area contributed by atoms with Crippen LogP contribution in [-0.2, 0) is 20.1 Å². The van der Waals surface area contributed by atoms with Crippen LogP contribution in [0, 0.1) is 0 Å². The summed E-state index contributed by atoms with van der Waals surface area (Å²) in [5.41, 5.74) is 0. The Morgan fingerprint density at radius 1 is 1.06 bits per heavy atom. The predicted molar refractivity (Wildman–Crippen MR) is 58.0 cm³/mol. The molecular formula is C8H11NO5S2. The minimum absolute atomic E-state index is 0.0466. The molecule has 16 heavy (non-hydrogen) atoms. The van der Waals surface area contributed by atoms with Crippen LogP contribution in [0.4, 0.5) is 0 Å². The zero-order valence-electron chi connectivity index (χ0n) is 8.20. The van der Waals surface area contributed by atoms with Gasteiger partial charge in [0, 0.05) is 6.54 Å². The van der Waals surface area contributed by atoms with Gasteiger partial charge in [0.2, 0.25) is 10.0 Å². The molecule has 0 radical (unpaired) electrons. The van der Waals surface area contributed by atoms with Gasteiger partial charge in [0.15, 0.2) is 0 Å². The number of rotatable bonds is 5. The summed E-state index contributed by atoms with van der Waals surface area (Å²) in [5.74, 6) is -0.654. The Bertz CT molecular complexity index is 535. The van der Waals surface area contributed by atoms with E-state index in [1.54, 1.807) is 18.2 Å². The summed E-state index contributed by atoms with van der Waals surface area (Å²) in [4.78, 5) is 0.0466. The second-order valence-corrected chi connectivity index (χ2v) is 6.34. The Balaban J connectivity index is 2.68. The van der Waals surface area contributed by atoms with Crippen LogP contribution in [0.15, 0.2) is 35.2 Å². The van der Waals surface area contributed by atoms with Crippen molar-refractivity contribution in [1.82, 2.24) is 4.72 Å². The minimum atomic E-state index is -4.16. The molecule has 0 aromatic heterocycles. The highest BCUT2D eigenvalue weighted by Gasteiger charge is 2.14. The maximum atomic E-state index is 11.5. The molecule has 0 heterocycles. The molecule has 1 aromatic carbocycles. The first-order chi connectivity index (χ1) is 7.31. The third-order valence-electron chi connectivity index (χ3n) is 1.71. The lowest BCUT2D eigenvalue weighted by molar-refractivity contribution is 0.482. The molecule has 0 aliphatic carbocycles. The standard InChI is InChI=1S/C8H11NO5S2/c10-15(11,12)7-6-9-16(13,14)8-4-2-1-3-5-8/h1-5,9H,6-7H2,(H,10,11,12). The average Bonchev–Trinajstić information content (AvgIpc) is 2.17. The monoisotopic (exact) mass is 265 g/mol. The number of hydrogen-bond donors (Lipinski definition) is 2. The fraction of sp³-hybridized carbons (Fsp3) is 0.250. The summed E-state index contributed by atoms with van der Waals surface area (Å²) in [6, 6.07) is 7.54. The van der Waals surface area contributed by atoms with E-state index < -0.39 is 25.9 Å². The fourth-order valence-corrected chi connectivity index (χ4v) is 2.53. The molecule has 0 atom stereocenters. The van der Waals surface area contributed by atoms with Crippen molar-refractivity contribution in [3.8, 4) is 0 Å². The van der Waals surface area contributed by atoms with E-state index in [1.807, 2.05) is 0 Å². The smallest absolute Gasteiger partial charge is 0.266 e. The highest BCUT2D eigenvalue weighted by molar-refractivity contribution is 7.89. The highest BCUT2D eigenvalue weighted by Crippen LogP contribution is 2.06. The molecule has 0 aliphatic rings. The van der Waals surface area contributed by atoms with Crippen LogP contribution in [0.1, 0.15) is 0 Å². The summed E-state index contributed by atoms with van der Waals surface area (Å²) in [6.07, 6.45) is 0. The first-order valence-electron chi connectivity index (χ1n) is 4.31. The van der Waals surface area contributed by atoms with Gasteiger partial charge < -0.3 is 0 Å². The molecule has 0 amide bonds. The van der Waals surface area contributed by atoms with Crippen molar-refractivity contribution in [2.45, 2.75) is 4.90 Å². The Labute approximate surface area is 94.1 Å². The molecule has 0 aliphatic heterocycles. The lowest BCUT2D eigenvalue weighted by Gasteiger charge is -2.04. The van der Waals surface area contributed by atoms with E-state index in [9.17, 15) is 16.8 Å². The summed E-state index contributed by atoms with van der Waals surface area (Å²) in [5, 5.41) is 0. The molecule has 1 rings (SSSR count). The van der Waals surface area contributed by atoms with Crippen LogP contribution in [-0.4, -0.2) is 33.7 Å². The van der Waals surface area contributed by atoms with Gasteiger partial charge in [-0.25, -0.2) is 13.1 Å². The van der Waals surface area contributed by atoms with Gasteiger partial charge in [0.1, 0.15) is 0 Å². The van der Waals surface area contributed by atoms with Crippen LogP contribution >= 0.6 is 0 Å². The quantitative estimate of drug-likeness (QED) is 0.721. The molecule has 1 aromatic rings. The maximum Gasteiger partial charge on any atom is 0.266 e. The van der Waals surface area contributed by atoms with Gasteiger partial charge in [0.25, 0.3) is 10.1 Å². The van der Waals surface area contributed by atoms with Crippen molar-refractivity contribution in [2.75, 3.05) is 12.3 Å². The summed E-state index contributed by atoms with van der Waals surface area (Å²) >= 11 is 0. The Hall–Kier alpha value is -0.960. The largest absolute Gasteiger partial charge is 0.286 e. The third-order valence-corrected chi connectivity index (χ3v) is 3.90. The number of nitrogens with one attached hydrogen (secondary N) is 1. The molecule has 0 unspecified atom stereocenters.